The fourth-order valence-electron chi connectivity index (χ4n) is 7.73. The van der Waals surface area contributed by atoms with Crippen LogP contribution in [0.1, 0.15) is 62.6 Å². The van der Waals surface area contributed by atoms with Gasteiger partial charge in [0.1, 0.15) is 0 Å². The SMILES string of the molecule is CCC1c2ccc(-n3c4ccc(C)cc4c4cc(C)ccc43)cc2-c2c3ccccc3cc[n+]2C1(CC)CC. The molecule has 0 saturated carbocycles. The monoisotopic (exact) mass is 509 g/mol. The quantitative estimate of drug-likeness (QED) is 0.209. The summed E-state index contributed by atoms with van der Waals surface area (Å²) in [7, 11) is 0. The summed E-state index contributed by atoms with van der Waals surface area (Å²) >= 11 is 0. The second-order valence-electron chi connectivity index (χ2n) is 11.5. The highest BCUT2D eigenvalue weighted by atomic mass is 15.1. The van der Waals surface area contributed by atoms with Crippen molar-refractivity contribution >= 4 is 32.6 Å². The second-order valence-corrected chi connectivity index (χ2v) is 11.5. The summed E-state index contributed by atoms with van der Waals surface area (Å²) in [6.45, 7) is 11.5. The van der Waals surface area contributed by atoms with Crippen molar-refractivity contribution in [1.29, 1.82) is 0 Å². The summed E-state index contributed by atoms with van der Waals surface area (Å²) in [4.78, 5) is 0. The molecule has 0 spiro atoms. The molecule has 4 aromatic carbocycles. The fourth-order valence-corrected chi connectivity index (χ4v) is 7.73. The lowest BCUT2D eigenvalue weighted by molar-refractivity contribution is -0.761. The van der Waals surface area contributed by atoms with Crippen molar-refractivity contribution in [3.8, 4) is 16.9 Å². The lowest BCUT2D eigenvalue weighted by Crippen LogP contribution is -2.62. The van der Waals surface area contributed by atoms with Crippen LogP contribution in [0.3, 0.4) is 0 Å². The summed E-state index contributed by atoms with van der Waals surface area (Å²) in [5.74, 6) is 0.471. The van der Waals surface area contributed by atoms with Gasteiger partial charge in [-0.25, -0.2) is 0 Å². The largest absolute Gasteiger partial charge is 0.309 e. The predicted octanol–water partition coefficient (Wildman–Crippen LogP) is 9.53. The molecule has 6 aromatic rings. The summed E-state index contributed by atoms with van der Waals surface area (Å²) in [6, 6.07) is 32.3. The maximum absolute atomic E-state index is 2.65. The van der Waals surface area contributed by atoms with Gasteiger partial charge in [-0.15, -0.1) is 0 Å². The number of aryl methyl sites for hydroxylation is 2. The number of rotatable bonds is 4. The molecule has 3 heterocycles. The van der Waals surface area contributed by atoms with E-state index in [2.05, 4.69) is 135 Å². The molecule has 1 aliphatic rings. The number of hydrogen-bond acceptors (Lipinski definition) is 0. The predicted molar refractivity (Wildman–Crippen MR) is 165 cm³/mol. The molecule has 0 fully saturated rings. The normalized spacial score (nSPS) is 16.1. The number of hydrogen-bond donors (Lipinski definition) is 0. The van der Waals surface area contributed by atoms with Gasteiger partial charge in [0.05, 0.1) is 22.0 Å². The molecule has 0 amide bonds. The molecule has 7 rings (SSSR count). The minimum absolute atomic E-state index is 0.0739. The summed E-state index contributed by atoms with van der Waals surface area (Å²) in [5.41, 5.74) is 10.7. The average molecular weight is 510 g/mol. The van der Waals surface area contributed by atoms with Crippen LogP contribution in [-0.2, 0) is 5.54 Å². The zero-order valence-electron chi connectivity index (χ0n) is 23.8. The van der Waals surface area contributed by atoms with Crippen LogP contribution in [-0.4, -0.2) is 4.57 Å². The molecule has 0 aliphatic carbocycles. The van der Waals surface area contributed by atoms with Crippen molar-refractivity contribution in [2.75, 3.05) is 0 Å². The standard InChI is InChI=1S/C37H37N2/c1-6-33-29-16-15-27(39-34-17-13-24(4)21-30(34)31-22-25(5)14-18-35(31)39)23-32(29)36-28-12-10-9-11-26(28)19-20-38(36)37(33,7-2)8-3/h9-23,33H,6-8H2,1-5H3/q+1. The first-order valence-electron chi connectivity index (χ1n) is 14.6. The van der Waals surface area contributed by atoms with Gasteiger partial charge < -0.3 is 4.57 Å². The lowest BCUT2D eigenvalue weighted by Gasteiger charge is -2.40. The van der Waals surface area contributed by atoms with Gasteiger partial charge in [-0.1, -0.05) is 68.3 Å². The second kappa shape index (κ2) is 8.81. The van der Waals surface area contributed by atoms with Gasteiger partial charge >= 0.3 is 0 Å². The van der Waals surface area contributed by atoms with Crippen molar-refractivity contribution in [3.05, 3.63) is 108 Å². The van der Waals surface area contributed by atoms with Crippen LogP contribution in [0.5, 0.6) is 0 Å². The molecule has 2 nitrogen and oxygen atoms in total. The molecule has 0 N–H and O–H groups in total. The first-order valence-corrected chi connectivity index (χ1v) is 14.6. The maximum atomic E-state index is 2.65. The molecule has 2 heteroatoms. The van der Waals surface area contributed by atoms with Crippen LogP contribution in [0.2, 0.25) is 0 Å². The smallest absolute Gasteiger partial charge is 0.221 e. The van der Waals surface area contributed by atoms with Crippen LogP contribution in [0.25, 0.3) is 49.5 Å². The molecule has 0 radical (unpaired) electrons. The number of nitrogens with zero attached hydrogens (tertiary/aromatic N) is 2. The van der Waals surface area contributed by atoms with E-state index in [0.717, 1.165) is 19.3 Å². The van der Waals surface area contributed by atoms with E-state index in [1.165, 1.54) is 66.2 Å². The number of aromatic nitrogens is 2. The molecule has 1 aliphatic heterocycles. The van der Waals surface area contributed by atoms with Crippen LogP contribution in [0.4, 0.5) is 0 Å². The Kier molecular flexibility index (Phi) is 5.46. The van der Waals surface area contributed by atoms with Gasteiger partial charge in [0.2, 0.25) is 5.69 Å². The number of fused-ring (bicyclic) bond motifs is 8. The zero-order valence-corrected chi connectivity index (χ0v) is 23.8. The van der Waals surface area contributed by atoms with E-state index < -0.39 is 0 Å². The average Bonchev–Trinajstić information content (AvgIpc) is 3.28. The summed E-state index contributed by atoms with van der Waals surface area (Å²) < 4.78 is 5.12. The third-order valence-corrected chi connectivity index (χ3v) is 9.62. The Morgan fingerprint density at radius 2 is 1.38 bits per heavy atom. The number of benzene rings is 4. The Morgan fingerprint density at radius 1 is 0.718 bits per heavy atom. The lowest BCUT2D eigenvalue weighted by atomic mass is 9.69. The summed E-state index contributed by atoms with van der Waals surface area (Å²) in [5, 5.41) is 5.30. The fraction of sp³-hybridized carbons (Fsp3) is 0.270. The molecule has 0 bridgehead atoms. The molecule has 1 atom stereocenters. The molecule has 0 saturated heterocycles. The van der Waals surface area contributed by atoms with Crippen molar-refractivity contribution in [3.63, 3.8) is 0 Å². The van der Waals surface area contributed by atoms with E-state index in [1.807, 2.05) is 0 Å². The van der Waals surface area contributed by atoms with Crippen molar-refractivity contribution in [1.82, 2.24) is 4.57 Å². The first-order chi connectivity index (χ1) is 19.0. The Bertz CT molecular complexity index is 1840. The summed E-state index contributed by atoms with van der Waals surface area (Å²) in [6.07, 6.45) is 5.73. The Labute approximate surface area is 231 Å². The highest BCUT2D eigenvalue weighted by molar-refractivity contribution is 6.10. The zero-order chi connectivity index (χ0) is 26.9. The molecule has 2 aromatic heterocycles. The van der Waals surface area contributed by atoms with Crippen molar-refractivity contribution in [2.24, 2.45) is 0 Å². The molecular formula is C37H37N2+. The first kappa shape index (κ1) is 24.2. The van der Waals surface area contributed by atoms with Crippen LogP contribution >= 0.6 is 0 Å². The molecule has 1 unspecified atom stereocenters. The van der Waals surface area contributed by atoms with Crippen molar-refractivity contribution in [2.45, 2.75) is 65.3 Å². The van der Waals surface area contributed by atoms with Gasteiger partial charge in [0.15, 0.2) is 11.7 Å². The Hall–Kier alpha value is -3.91. The van der Waals surface area contributed by atoms with E-state index in [0.29, 0.717) is 5.92 Å². The van der Waals surface area contributed by atoms with Crippen LogP contribution < -0.4 is 4.57 Å². The molecule has 39 heavy (non-hydrogen) atoms. The van der Waals surface area contributed by atoms with Gasteiger partial charge in [-0.2, -0.15) is 4.57 Å². The Balaban J connectivity index is 1.59. The van der Waals surface area contributed by atoms with Crippen LogP contribution in [0.15, 0.2) is 91.1 Å². The van der Waals surface area contributed by atoms with Crippen molar-refractivity contribution < 1.29 is 4.57 Å². The minimum Gasteiger partial charge on any atom is -0.309 e. The van der Waals surface area contributed by atoms with Crippen LogP contribution in [0, 0.1) is 13.8 Å². The number of pyridine rings is 1. The Morgan fingerprint density at radius 3 is 2.03 bits per heavy atom. The molecule has 194 valence electrons. The highest BCUT2D eigenvalue weighted by Crippen LogP contribution is 2.49. The minimum atomic E-state index is 0.0739. The third kappa shape index (κ3) is 3.30. The topological polar surface area (TPSA) is 8.81 Å². The maximum Gasteiger partial charge on any atom is 0.221 e. The van der Waals surface area contributed by atoms with E-state index in [1.54, 1.807) is 0 Å². The van der Waals surface area contributed by atoms with E-state index >= 15 is 0 Å². The van der Waals surface area contributed by atoms with Gasteiger partial charge in [-0.05, 0) is 73.7 Å². The van der Waals surface area contributed by atoms with Gasteiger partial charge in [-0.3, -0.25) is 0 Å². The highest BCUT2D eigenvalue weighted by Gasteiger charge is 2.51. The molecular weight excluding hydrogens is 472 g/mol. The van der Waals surface area contributed by atoms with Gasteiger partial charge in [0, 0.05) is 41.3 Å². The van der Waals surface area contributed by atoms with Gasteiger partial charge in [0.25, 0.3) is 0 Å². The van der Waals surface area contributed by atoms with E-state index in [4.69, 9.17) is 0 Å². The van der Waals surface area contributed by atoms with E-state index in [-0.39, 0.29) is 5.54 Å². The van der Waals surface area contributed by atoms with E-state index in [9.17, 15) is 0 Å². The third-order valence-electron chi connectivity index (χ3n) is 9.62.